The zero-order valence-electron chi connectivity index (χ0n) is 19.9. The minimum absolute atomic E-state index is 0. The zero-order valence-corrected chi connectivity index (χ0v) is 19.9. The van der Waals surface area contributed by atoms with E-state index in [-0.39, 0.29) is 13.3 Å². The molecule has 34 heavy (non-hydrogen) atoms. The van der Waals surface area contributed by atoms with E-state index in [9.17, 15) is 4.39 Å². The minimum atomic E-state index is -0.383. The maximum atomic E-state index is 14.1. The van der Waals surface area contributed by atoms with Gasteiger partial charge in [0.1, 0.15) is 17.9 Å². The van der Waals surface area contributed by atoms with Crippen molar-refractivity contribution in [1.29, 1.82) is 0 Å². The number of ether oxygens (including phenoxy) is 2. The Morgan fingerprint density at radius 2 is 1.85 bits per heavy atom. The lowest BCUT2D eigenvalue weighted by Gasteiger charge is -2.43. The average molecular weight is 469 g/mol. The molecule has 0 unspecified atom stereocenters. The van der Waals surface area contributed by atoms with Crippen molar-refractivity contribution in [2.24, 2.45) is 0 Å². The van der Waals surface area contributed by atoms with E-state index in [2.05, 4.69) is 50.3 Å². The molecule has 2 fully saturated rings. The van der Waals surface area contributed by atoms with Gasteiger partial charge >= 0.3 is 0 Å². The van der Waals surface area contributed by atoms with Crippen LogP contribution >= 0.6 is 0 Å². The van der Waals surface area contributed by atoms with E-state index in [0.717, 1.165) is 50.6 Å². The summed E-state index contributed by atoms with van der Waals surface area (Å²) >= 11 is 0. The lowest BCUT2D eigenvalue weighted by Crippen LogP contribution is -2.56. The van der Waals surface area contributed by atoms with Crippen molar-refractivity contribution in [1.82, 2.24) is 19.7 Å². The highest BCUT2D eigenvalue weighted by Gasteiger charge is 2.29. The van der Waals surface area contributed by atoms with E-state index in [1.54, 1.807) is 17.1 Å². The van der Waals surface area contributed by atoms with Crippen molar-refractivity contribution in [2.75, 3.05) is 49.6 Å². The van der Waals surface area contributed by atoms with Crippen molar-refractivity contribution >= 4 is 17.3 Å². The van der Waals surface area contributed by atoms with Gasteiger partial charge in [-0.3, -0.25) is 4.90 Å². The topological polar surface area (TPSA) is 67.7 Å². The number of halogens is 1. The fraction of sp³-hybridized carbons (Fsp3) is 0.440. The number of rotatable bonds is 7. The van der Waals surface area contributed by atoms with Crippen molar-refractivity contribution in [2.45, 2.75) is 32.9 Å². The Morgan fingerprint density at radius 3 is 2.56 bits per heavy atom. The third-order valence-electron chi connectivity index (χ3n) is 6.12. The van der Waals surface area contributed by atoms with Gasteiger partial charge in [0.15, 0.2) is 0 Å². The van der Waals surface area contributed by atoms with E-state index in [0.29, 0.717) is 23.4 Å². The summed E-state index contributed by atoms with van der Waals surface area (Å²) < 4.78 is 26.6. The largest absolute Gasteiger partial charge is 0.491 e. The van der Waals surface area contributed by atoms with Gasteiger partial charge in [0.2, 0.25) is 5.95 Å². The second-order valence-corrected chi connectivity index (χ2v) is 9.22. The first-order valence-corrected chi connectivity index (χ1v) is 11.8. The molecule has 1 N–H and O–H groups in total. The first kappa shape index (κ1) is 22.6. The molecule has 0 bridgehead atoms. The second-order valence-electron chi connectivity index (χ2n) is 9.22. The zero-order chi connectivity index (χ0) is 23.7. The first-order valence-electron chi connectivity index (χ1n) is 11.8. The van der Waals surface area contributed by atoms with Gasteiger partial charge in [-0.1, -0.05) is 0 Å². The van der Waals surface area contributed by atoms with Gasteiger partial charge in [0.05, 0.1) is 31.0 Å². The molecule has 0 aliphatic carbocycles. The smallest absolute Gasteiger partial charge is 0.246 e. The Kier molecular flexibility index (Phi) is 6.38. The van der Waals surface area contributed by atoms with Crippen LogP contribution in [0.5, 0.6) is 5.75 Å². The highest BCUT2D eigenvalue weighted by molar-refractivity contribution is 5.64. The van der Waals surface area contributed by atoms with Crippen LogP contribution in [-0.2, 0) is 4.74 Å². The lowest BCUT2D eigenvalue weighted by molar-refractivity contribution is -0.0660. The summed E-state index contributed by atoms with van der Waals surface area (Å²) in [6, 6.07) is 11.5. The fourth-order valence-electron chi connectivity index (χ4n) is 4.39. The number of anilines is 3. The normalized spacial score (nSPS) is 17.1. The second kappa shape index (κ2) is 9.60. The standard InChI is InChI=1S/C25H31FN6O2.H2/c1-17(2)34-24-11-19(26)10-22(13-24)32-16-27-25(29-32)28-20-8-18(3)9-21(12-20)30-4-6-31(7-5-30)23-14-33-15-23;/h8-13,16-17,23H,4-7,14-15H2,1-3H3,(H,28,29);1H. The van der Waals surface area contributed by atoms with Crippen LogP contribution in [0, 0.1) is 12.7 Å². The fourth-order valence-corrected chi connectivity index (χ4v) is 4.39. The van der Waals surface area contributed by atoms with Gasteiger partial charge in [0, 0.05) is 51.1 Å². The molecule has 182 valence electrons. The van der Waals surface area contributed by atoms with Crippen LogP contribution in [0.1, 0.15) is 20.8 Å². The van der Waals surface area contributed by atoms with Gasteiger partial charge in [-0.15, -0.1) is 5.10 Å². The molecule has 0 atom stereocenters. The van der Waals surface area contributed by atoms with E-state index >= 15 is 0 Å². The summed E-state index contributed by atoms with van der Waals surface area (Å²) in [5.41, 5.74) is 3.82. The molecular weight excluding hydrogens is 435 g/mol. The van der Waals surface area contributed by atoms with E-state index < -0.39 is 0 Å². The van der Waals surface area contributed by atoms with Gasteiger partial charge in [0.25, 0.3) is 0 Å². The van der Waals surface area contributed by atoms with Crippen molar-refractivity contribution in [3.63, 3.8) is 0 Å². The molecule has 5 rings (SSSR count). The van der Waals surface area contributed by atoms with Crippen LogP contribution in [0.25, 0.3) is 5.69 Å². The van der Waals surface area contributed by atoms with Gasteiger partial charge in [-0.2, -0.15) is 4.98 Å². The van der Waals surface area contributed by atoms with Gasteiger partial charge in [-0.05, 0) is 50.6 Å². The Labute approximate surface area is 200 Å². The summed E-state index contributed by atoms with van der Waals surface area (Å²) in [6.07, 6.45) is 1.52. The Hall–Kier alpha value is -3.17. The average Bonchev–Trinajstić information content (AvgIpc) is 3.20. The molecule has 0 radical (unpaired) electrons. The molecule has 9 heteroatoms. The van der Waals surface area contributed by atoms with E-state index in [1.165, 1.54) is 17.8 Å². The SMILES string of the molecule is Cc1cc(Nc2ncn(-c3cc(F)cc(OC(C)C)c3)n2)cc(N2CCN(C3COC3)CC2)c1.[HH]. The maximum absolute atomic E-state index is 14.1. The Morgan fingerprint density at radius 1 is 1.06 bits per heavy atom. The van der Waals surface area contributed by atoms with Gasteiger partial charge < -0.3 is 19.7 Å². The number of piperazine rings is 1. The van der Waals surface area contributed by atoms with Crippen LogP contribution in [0.4, 0.5) is 21.7 Å². The molecule has 2 aromatic carbocycles. The van der Waals surface area contributed by atoms with E-state index in [1.807, 2.05) is 13.8 Å². The molecule has 2 aliphatic heterocycles. The minimum Gasteiger partial charge on any atom is -0.491 e. The molecular formula is C25H33FN6O2. The number of nitrogens with one attached hydrogen (secondary N) is 1. The number of hydrogen-bond donors (Lipinski definition) is 1. The van der Waals surface area contributed by atoms with Crippen LogP contribution in [0.15, 0.2) is 42.7 Å². The van der Waals surface area contributed by atoms with Crippen LogP contribution in [0.3, 0.4) is 0 Å². The quantitative estimate of drug-likeness (QED) is 0.562. The van der Waals surface area contributed by atoms with Gasteiger partial charge in [-0.25, -0.2) is 9.07 Å². The summed E-state index contributed by atoms with van der Waals surface area (Å²) in [5.74, 6) is 0.525. The number of aromatic nitrogens is 3. The Bertz CT molecular complexity index is 1140. The summed E-state index contributed by atoms with van der Waals surface area (Å²) in [5, 5.41) is 7.79. The molecule has 0 amide bonds. The first-order chi connectivity index (χ1) is 16.4. The summed E-state index contributed by atoms with van der Waals surface area (Å²) in [4.78, 5) is 9.31. The molecule has 2 aliphatic rings. The summed E-state index contributed by atoms with van der Waals surface area (Å²) in [7, 11) is 0. The number of aryl methyl sites for hydroxylation is 1. The highest BCUT2D eigenvalue weighted by atomic mass is 19.1. The number of nitrogens with zero attached hydrogens (tertiary/aromatic N) is 5. The summed E-state index contributed by atoms with van der Waals surface area (Å²) in [6.45, 7) is 11.7. The third-order valence-corrected chi connectivity index (χ3v) is 6.12. The molecule has 3 aromatic rings. The lowest BCUT2D eigenvalue weighted by atomic mass is 10.1. The van der Waals surface area contributed by atoms with Crippen LogP contribution in [-0.4, -0.2) is 71.2 Å². The molecule has 0 spiro atoms. The van der Waals surface area contributed by atoms with Crippen LogP contribution in [0.2, 0.25) is 0 Å². The number of benzene rings is 2. The molecule has 3 heterocycles. The van der Waals surface area contributed by atoms with Crippen LogP contribution < -0.4 is 15.0 Å². The predicted molar refractivity (Wildman–Crippen MR) is 132 cm³/mol. The molecule has 1 aromatic heterocycles. The monoisotopic (exact) mass is 468 g/mol. The highest BCUT2D eigenvalue weighted by Crippen LogP contribution is 2.26. The maximum Gasteiger partial charge on any atom is 0.246 e. The predicted octanol–water partition coefficient (Wildman–Crippen LogP) is 4.01. The van der Waals surface area contributed by atoms with Crippen molar-refractivity contribution in [3.05, 3.63) is 54.1 Å². The molecule has 0 saturated carbocycles. The van der Waals surface area contributed by atoms with Crippen molar-refractivity contribution in [3.8, 4) is 11.4 Å². The number of hydrogen-bond acceptors (Lipinski definition) is 7. The third kappa shape index (κ3) is 5.15. The Balaban J connectivity index is 0.00000289. The molecule has 8 nitrogen and oxygen atoms in total. The molecule has 2 saturated heterocycles. The van der Waals surface area contributed by atoms with Crippen molar-refractivity contribution < 1.29 is 15.3 Å². The van der Waals surface area contributed by atoms with E-state index in [4.69, 9.17) is 9.47 Å².